The van der Waals surface area contributed by atoms with Gasteiger partial charge in [-0.2, -0.15) is 0 Å². The lowest BCUT2D eigenvalue weighted by atomic mass is 10.0. The van der Waals surface area contributed by atoms with Gasteiger partial charge in [0.05, 0.1) is 0 Å². The molecule has 2 rings (SSSR count). The first-order valence-corrected chi connectivity index (χ1v) is 7.34. The van der Waals surface area contributed by atoms with E-state index in [1.165, 1.54) is 10.5 Å². The lowest BCUT2D eigenvalue weighted by Gasteiger charge is -2.28. The van der Waals surface area contributed by atoms with Crippen LogP contribution in [0.15, 0.2) is 23.1 Å². The van der Waals surface area contributed by atoms with Crippen molar-refractivity contribution in [3.63, 3.8) is 0 Å². The number of alkyl halides is 1. The molecule has 0 saturated heterocycles. The average Bonchev–Trinajstić information content (AvgIpc) is 2.35. The Morgan fingerprint density at radius 3 is 3.06 bits per heavy atom. The van der Waals surface area contributed by atoms with Gasteiger partial charge in [0.2, 0.25) is 5.91 Å². The van der Waals surface area contributed by atoms with Crippen LogP contribution in [0.25, 0.3) is 0 Å². The van der Waals surface area contributed by atoms with Crippen LogP contribution in [-0.4, -0.2) is 24.1 Å². The van der Waals surface area contributed by atoms with Crippen LogP contribution in [0.5, 0.6) is 0 Å². The monoisotopic (exact) mass is 269 g/mol. The molecule has 1 amide bonds. The van der Waals surface area contributed by atoms with Crippen molar-refractivity contribution in [2.24, 2.45) is 0 Å². The van der Waals surface area contributed by atoms with E-state index in [2.05, 4.69) is 18.2 Å². The van der Waals surface area contributed by atoms with Gasteiger partial charge < -0.3 is 4.90 Å². The smallest absolute Gasteiger partial charge is 0.223 e. The highest BCUT2D eigenvalue weighted by Crippen LogP contribution is 2.31. The molecule has 0 radical (unpaired) electrons. The van der Waals surface area contributed by atoms with Crippen molar-refractivity contribution >= 4 is 35.0 Å². The Morgan fingerprint density at radius 1 is 1.53 bits per heavy atom. The lowest BCUT2D eigenvalue weighted by Crippen LogP contribution is -2.33. The standard InChI is InChI=1S/C13H16ClNOS/c1-10(16)15-7-2-3-11-9-12(17-8-6-14)4-5-13(11)15/h4-5,9H,2-3,6-8H2,1H3. The predicted octanol–water partition coefficient (Wildman–Crippen LogP) is 3.32. The number of carbonyl (C=O) groups excluding carboxylic acids is 1. The number of amides is 1. The van der Waals surface area contributed by atoms with Gasteiger partial charge in [-0.15, -0.1) is 23.4 Å². The van der Waals surface area contributed by atoms with Gasteiger partial charge in [0.25, 0.3) is 0 Å². The largest absolute Gasteiger partial charge is 0.312 e. The number of nitrogens with zero attached hydrogens (tertiary/aromatic N) is 1. The molecular formula is C13H16ClNOS. The summed E-state index contributed by atoms with van der Waals surface area (Å²) in [5, 5.41) is 0. The Bertz CT molecular complexity index is 422. The van der Waals surface area contributed by atoms with E-state index < -0.39 is 0 Å². The molecule has 0 atom stereocenters. The van der Waals surface area contributed by atoms with Gasteiger partial charge >= 0.3 is 0 Å². The molecule has 0 bridgehead atoms. The van der Waals surface area contributed by atoms with Crippen molar-refractivity contribution in [2.45, 2.75) is 24.7 Å². The van der Waals surface area contributed by atoms with Crippen LogP contribution in [0, 0.1) is 0 Å². The first kappa shape index (κ1) is 12.8. The topological polar surface area (TPSA) is 20.3 Å². The van der Waals surface area contributed by atoms with Crippen molar-refractivity contribution < 1.29 is 4.79 Å². The molecule has 0 unspecified atom stereocenters. The molecule has 92 valence electrons. The SMILES string of the molecule is CC(=O)N1CCCc2cc(SCCCl)ccc21. The molecule has 1 aromatic carbocycles. The maximum absolute atomic E-state index is 11.5. The van der Waals surface area contributed by atoms with Crippen LogP contribution in [0.2, 0.25) is 0 Å². The zero-order valence-corrected chi connectivity index (χ0v) is 11.5. The molecule has 4 heteroatoms. The summed E-state index contributed by atoms with van der Waals surface area (Å²) in [5.74, 6) is 1.73. The van der Waals surface area contributed by atoms with E-state index in [9.17, 15) is 4.79 Å². The Hall–Kier alpha value is -0.670. The van der Waals surface area contributed by atoms with Crippen LogP contribution < -0.4 is 4.90 Å². The predicted molar refractivity (Wildman–Crippen MR) is 74.2 cm³/mol. The van der Waals surface area contributed by atoms with Crippen LogP contribution in [0.3, 0.4) is 0 Å². The van der Waals surface area contributed by atoms with Crippen molar-refractivity contribution in [2.75, 3.05) is 23.1 Å². The van der Waals surface area contributed by atoms with E-state index in [4.69, 9.17) is 11.6 Å². The van der Waals surface area contributed by atoms with Crippen molar-refractivity contribution in [3.8, 4) is 0 Å². The fourth-order valence-corrected chi connectivity index (χ4v) is 3.08. The highest BCUT2D eigenvalue weighted by molar-refractivity contribution is 7.99. The van der Waals surface area contributed by atoms with Crippen molar-refractivity contribution in [3.05, 3.63) is 23.8 Å². The van der Waals surface area contributed by atoms with E-state index in [0.29, 0.717) is 5.88 Å². The molecular weight excluding hydrogens is 254 g/mol. The molecule has 1 aliphatic heterocycles. The van der Waals surface area contributed by atoms with Gasteiger partial charge in [-0.1, -0.05) is 0 Å². The Balaban J connectivity index is 2.23. The summed E-state index contributed by atoms with van der Waals surface area (Å²) in [6.45, 7) is 2.47. The second-order valence-corrected chi connectivity index (χ2v) is 5.65. The zero-order chi connectivity index (χ0) is 12.3. The Kier molecular flexibility index (Phi) is 4.35. The molecule has 17 heavy (non-hydrogen) atoms. The highest BCUT2D eigenvalue weighted by atomic mass is 35.5. The number of hydrogen-bond acceptors (Lipinski definition) is 2. The summed E-state index contributed by atoms with van der Waals surface area (Å²) < 4.78 is 0. The van der Waals surface area contributed by atoms with Crippen molar-refractivity contribution in [1.29, 1.82) is 0 Å². The Morgan fingerprint density at radius 2 is 2.35 bits per heavy atom. The van der Waals surface area contributed by atoms with Gasteiger partial charge in [-0.05, 0) is 36.6 Å². The van der Waals surface area contributed by atoms with E-state index in [-0.39, 0.29) is 5.91 Å². The zero-order valence-electron chi connectivity index (χ0n) is 9.91. The first-order chi connectivity index (χ1) is 8.22. The maximum atomic E-state index is 11.5. The summed E-state index contributed by atoms with van der Waals surface area (Å²) in [4.78, 5) is 14.6. The molecule has 0 aliphatic carbocycles. The number of anilines is 1. The van der Waals surface area contributed by atoms with Crippen LogP contribution in [0.4, 0.5) is 5.69 Å². The molecule has 1 aromatic rings. The number of fused-ring (bicyclic) bond motifs is 1. The molecule has 1 heterocycles. The number of benzene rings is 1. The Labute approximate surface area is 111 Å². The third kappa shape index (κ3) is 2.96. The van der Waals surface area contributed by atoms with Gasteiger partial charge in [0, 0.05) is 35.7 Å². The van der Waals surface area contributed by atoms with Gasteiger partial charge in [0.1, 0.15) is 0 Å². The fourth-order valence-electron chi connectivity index (χ4n) is 2.15. The van der Waals surface area contributed by atoms with E-state index in [0.717, 1.165) is 30.8 Å². The third-order valence-electron chi connectivity index (χ3n) is 2.90. The second-order valence-electron chi connectivity index (χ2n) is 4.10. The molecule has 1 aliphatic rings. The van der Waals surface area contributed by atoms with Crippen LogP contribution in [-0.2, 0) is 11.2 Å². The highest BCUT2D eigenvalue weighted by Gasteiger charge is 2.19. The minimum atomic E-state index is 0.132. The van der Waals surface area contributed by atoms with Crippen molar-refractivity contribution in [1.82, 2.24) is 0 Å². The molecule has 0 fully saturated rings. The quantitative estimate of drug-likeness (QED) is 0.620. The van der Waals surface area contributed by atoms with Crippen LogP contribution in [0.1, 0.15) is 18.9 Å². The normalized spacial score (nSPS) is 14.6. The minimum Gasteiger partial charge on any atom is -0.312 e. The number of hydrogen-bond donors (Lipinski definition) is 0. The van der Waals surface area contributed by atoms with E-state index in [1.807, 2.05) is 4.90 Å². The third-order valence-corrected chi connectivity index (χ3v) is 4.30. The van der Waals surface area contributed by atoms with Gasteiger partial charge in [0.15, 0.2) is 0 Å². The fraction of sp³-hybridized carbons (Fsp3) is 0.462. The molecule has 0 saturated carbocycles. The number of rotatable bonds is 3. The maximum Gasteiger partial charge on any atom is 0.223 e. The number of carbonyl (C=O) groups is 1. The van der Waals surface area contributed by atoms with Crippen LogP contribution >= 0.6 is 23.4 Å². The lowest BCUT2D eigenvalue weighted by molar-refractivity contribution is -0.116. The summed E-state index contributed by atoms with van der Waals surface area (Å²) in [5.41, 5.74) is 2.37. The number of thioether (sulfide) groups is 1. The second kappa shape index (κ2) is 5.78. The van der Waals surface area contributed by atoms with Gasteiger partial charge in [-0.3, -0.25) is 4.79 Å². The summed E-state index contributed by atoms with van der Waals surface area (Å²) in [7, 11) is 0. The summed E-state index contributed by atoms with van der Waals surface area (Å²) in [6, 6.07) is 6.34. The summed E-state index contributed by atoms with van der Waals surface area (Å²) >= 11 is 7.45. The molecule has 0 aromatic heterocycles. The minimum absolute atomic E-state index is 0.132. The first-order valence-electron chi connectivity index (χ1n) is 5.82. The van der Waals surface area contributed by atoms with E-state index in [1.54, 1.807) is 18.7 Å². The number of aryl methyl sites for hydroxylation is 1. The number of halogens is 1. The molecule has 2 nitrogen and oxygen atoms in total. The molecule has 0 spiro atoms. The molecule has 0 N–H and O–H groups in total. The summed E-state index contributed by atoms with van der Waals surface area (Å²) in [6.07, 6.45) is 2.12. The van der Waals surface area contributed by atoms with E-state index >= 15 is 0 Å². The average molecular weight is 270 g/mol. The van der Waals surface area contributed by atoms with Gasteiger partial charge in [-0.25, -0.2) is 0 Å².